The SMILES string of the molecule is CCOCNc1ccc(Cl)cc1/C(C)=N/N1CCCCC1. The third-order valence-corrected chi connectivity index (χ3v) is 3.80. The van der Waals surface area contributed by atoms with Crippen LogP contribution in [0.15, 0.2) is 23.3 Å². The number of nitrogens with zero attached hydrogens (tertiary/aromatic N) is 2. The van der Waals surface area contributed by atoms with Crippen molar-refractivity contribution >= 4 is 23.0 Å². The van der Waals surface area contributed by atoms with Crippen molar-refractivity contribution in [3.8, 4) is 0 Å². The van der Waals surface area contributed by atoms with Crippen molar-refractivity contribution in [1.29, 1.82) is 0 Å². The molecule has 21 heavy (non-hydrogen) atoms. The number of hydrogen-bond acceptors (Lipinski definition) is 4. The number of piperidine rings is 1. The standard InChI is InChI=1S/C16H24ClN3O/c1-3-21-12-18-16-8-7-14(17)11-15(16)13(2)19-20-9-5-4-6-10-20/h7-8,11,18H,3-6,9-10,12H2,1-2H3/b19-13+. The summed E-state index contributed by atoms with van der Waals surface area (Å²) in [6.45, 7) is 7.28. The highest BCUT2D eigenvalue weighted by Gasteiger charge is 2.11. The molecule has 0 aliphatic carbocycles. The Morgan fingerprint density at radius 3 is 2.81 bits per heavy atom. The van der Waals surface area contributed by atoms with Gasteiger partial charge in [0, 0.05) is 36.0 Å². The summed E-state index contributed by atoms with van der Waals surface area (Å²) in [4.78, 5) is 0. The number of benzene rings is 1. The lowest BCUT2D eigenvalue weighted by atomic mass is 10.1. The van der Waals surface area contributed by atoms with Crippen molar-refractivity contribution in [3.05, 3.63) is 28.8 Å². The maximum Gasteiger partial charge on any atom is 0.116 e. The Morgan fingerprint density at radius 1 is 1.33 bits per heavy atom. The molecule has 0 atom stereocenters. The van der Waals surface area contributed by atoms with Gasteiger partial charge in [0.2, 0.25) is 0 Å². The molecule has 0 saturated carbocycles. The van der Waals surface area contributed by atoms with Crippen molar-refractivity contribution in [2.45, 2.75) is 33.1 Å². The molecule has 0 unspecified atom stereocenters. The van der Waals surface area contributed by atoms with Gasteiger partial charge in [0.15, 0.2) is 0 Å². The first kappa shape index (κ1) is 16.1. The van der Waals surface area contributed by atoms with Crippen molar-refractivity contribution in [2.24, 2.45) is 5.10 Å². The summed E-state index contributed by atoms with van der Waals surface area (Å²) in [6.07, 6.45) is 3.76. The number of halogens is 1. The summed E-state index contributed by atoms with van der Waals surface area (Å²) in [5, 5.41) is 10.9. The summed E-state index contributed by atoms with van der Waals surface area (Å²) in [6, 6.07) is 5.82. The molecule has 2 rings (SSSR count). The van der Waals surface area contributed by atoms with Gasteiger partial charge in [0.1, 0.15) is 6.73 Å². The third kappa shape index (κ3) is 4.90. The fourth-order valence-electron chi connectivity index (χ4n) is 2.44. The molecule has 1 aromatic rings. The second-order valence-electron chi connectivity index (χ2n) is 5.20. The van der Waals surface area contributed by atoms with Crippen LogP contribution in [-0.4, -0.2) is 37.1 Å². The molecule has 0 aromatic heterocycles. The Kier molecular flexibility index (Phi) is 6.33. The average molecular weight is 310 g/mol. The van der Waals surface area contributed by atoms with Crippen LogP contribution in [0.25, 0.3) is 0 Å². The zero-order valence-corrected chi connectivity index (χ0v) is 13.6. The van der Waals surface area contributed by atoms with Gasteiger partial charge < -0.3 is 10.1 Å². The van der Waals surface area contributed by atoms with E-state index in [1.807, 2.05) is 32.0 Å². The molecule has 0 spiro atoms. The average Bonchev–Trinajstić information content (AvgIpc) is 2.50. The molecular formula is C16H24ClN3O. The molecule has 0 bridgehead atoms. The normalized spacial score (nSPS) is 16.1. The second kappa shape index (κ2) is 8.25. The van der Waals surface area contributed by atoms with Crippen LogP contribution in [0.2, 0.25) is 5.02 Å². The lowest BCUT2D eigenvalue weighted by Gasteiger charge is -2.24. The van der Waals surface area contributed by atoms with Gasteiger partial charge in [-0.05, 0) is 51.3 Å². The largest absolute Gasteiger partial charge is 0.362 e. The number of nitrogens with one attached hydrogen (secondary N) is 1. The predicted molar refractivity (Wildman–Crippen MR) is 89.2 cm³/mol. The van der Waals surface area contributed by atoms with Crippen molar-refractivity contribution in [2.75, 3.05) is 31.7 Å². The molecule has 1 aliphatic heterocycles. The van der Waals surface area contributed by atoms with E-state index in [1.165, 1.54) is 19.3 Å². The Bertz CT molecular complexity index is 484. The Hall–Kier alpha value is -1.26. The van der Waals surface area contributed by atoms with Crippen LogP contribution in [0.4, 0.5) is 5.69 Å². The highest BCUT2D eigenvalue weighted by molar-refractivity contribution is 6.31. The first-order valence-corrected chi connectivity index (χ1v) is 8.00. The highest BCUT2D eigenvalue weighted by atomic mass is 35.5. The maximum absolute atomic E-state index is 6.14. The fourth-order valence-corrected chi connectivity index (χ4v) is 2.62. The Balaban J connectivity index is 2.15. The van der Waals surface area contributed by atoms with Crippen LogP contribution in [0.3, 0.4) is 0 Å². The predicted octanol–water partition coefficient (Wildman–Crippen LogP) is 3.96. The van der Waals surface area contributed by atoms with E-state index in [0.29, 0.717) is 13.3 Å². The number of anilines is 1. The molecule has 0 radical (unpaired) electrons. The van der Waals surface area contributed by atoms with Crippen molar-refractivity contribution < 1.29 is 4.74 Å². The topological polar surface area (TPSA) is 36.9 Å². The van der Waals surface area contributed by atoms with Gasteiger partial charge in [-0.1, -0.05) is 11.6 Å². The molecule has 116 valence electrons. The first-order chi connectivity index (χ1) is 10.2. The monoisotopic (exact) mass is 309 g/mol. The van der Waals surface area contributed by atoms with E-state index in [4.69, 9.17) is 21.4 Å². The van der Waals surface area contributed by atoms with E-state index in [-0.39, 0.29) is 0 Å². The smallest absolute Gasteiger partial charge is 0.116 e. The van der Waals surface area contributed by atoms with Crippen LogP contribution in [0, 0.1) is 0 Å². The third-order valence-electron chi connectivity index (χ3n) is 3.56. The molecule has 4 nitrogen and oxygen atoms in total. The first-order valence-electron chi connectivity index (χ1n) is 7.62. The van der Waals surface area contributed by atoms with E-state index in [1.54, 1.807) is 0 Å². The molecule has 1 saturated heterocycles. The summed E-state index contributed by atoms with van der Waals surface area (Å²) in [7, 11) is 0. The minimum Gasteiger partial charge on any atom is -0.362 e. The molecule has 1 heterocycles. The summed E-state index contributed by atoms with van der Waals surface area (Å²) in [5.74, 6) is 0. The number of ether oxygens (including phenoxy) is 1. The van der Waals surface area contributed by atoms with Crippen molar-refractivity contribution in [3.63, 3.8) is 0 Å². The molecular weight excluding hydrogens is 286 g/mol. The molecule has 1 aliphatic rings. The lowest BCUT2D eigenvalue weighted by molar-refractivity contribution is 0.167. The van der Waals surface area contributed by atoms with Gasteiger partial charge in [-0.3, -0.25) is 5.01 Å². The lowest BCUT2D eigenvalue weighted by Crippen LogP contribution is -2.26. The van der Waals surface area contributed by atoms with E-state index >= 15 is 0 Å². The fraction of sp³-hybridized carbons (Fsp3) is 0.562. The zero-order chi connectivity index (χ0) is 15.1. The van der Waals surface area contributed by atoms with Crippen molar-refractivity contribution in [1.82, 2.24) is 5.01 Å². The number of rotatable bonds is 6. The van der Waals surface area contributed by atoms with Crippen LogP contribution in [0.1, 0.15) is 38.7 Å². The van der Waals surface area contributed by atoms with E-state index in [0.717, 1.165) is 35.1 Å². The quantitative estimate of drug-likeness (QED) is 0.491. The number of hydrogen-bond donors (Lipinski definition) is 1. The molecule has 1 aromatic carbocycles. The Labute approximate surface area is 132 Å². The van der Waals surface area contributed by atoms with Gasteiger partial charge in [-0.25, -0.2) is 0 Å². The molecule has 1 fully saturated rings. The Morgan fingerprint density at radius 2 is 2.10 bits per heavy atom. The van der Waals surface area contributed by atoms with Crippen LogP contribution >= 0.6 is 11.6 Å². The van der Waals surface area contributed by atoms with E-state index < -0.39 is 0 Å². The minimum atomic E-state index is 0.488. The van der Waals surface area contributed by atoms with Gasteiger partial charge >= 0.3 is 0 Å². The van der Waals surface area contributed by atoms with Crippen LogP contribution in [0.5, 0.6) is 0 Å². The zero-order valence-electron chi connectivity index (χ0n) is 12.9. The van der Waals surface area contributed by atoms with Gasteiger partial charge in [-0.2, -0.15) is 5.10 Å². The van der Waals surface area contributed by atoms with Crippen LogP contribution < -0.4 is 5.32 Å². The highest BCUT2D eigenvalue weighted by Crippen LogP contribution is 2.22. The minimum absolute atomic E-state index is 0.488. The maximum atomic E-state index is 6.14. The summed E-state index contributed by atoms with van der Waals surface area (Å²) >= 11 is 6.14. The molecule has 0 amide bonds. The van der Waals surface area contributed by atoms with E-state index in [2.05, 4.69) is 10.3 Å². The number of hydrazone groups is 1. The van der Waals surface area contributed by atoms with Gasteiger partial charge in [0.25, 0.3) is 0 Å². The van der Waals surface area contributed by atoms with Crippen LogP contribution in [-0.2, 0) is 4.74 Å². The van der Waals surface area contributed by atoms with E-state index in [9.17, 15) is 0 Å². The van der Waals surface area contributed by atoms with Gasteiger partial charge in [-0.15, -0.1) is 0 Å². The molecule has 1 N–H and O–H groups in total. The second-order valence-corrected chi connectivity index (χ2v) is 5.64. The molecule has 5 heteroatoms. The van der Waals surface area contributed by atoms with Gasteiger partial charge in [0.05, 0.1) is 5.71 Å². The summed E-state index contributed by atoms with van der Waals surface area (Å²) in [5.41, 5.74) is 3.03. The summed E-state index contributed by atoms with van der Waals surface area (Å²) < 4.78 is 5.36.